The second-order valence-corrected chi connectivity index (χ2v) is 6.76. The number of hydrogen-bond donors (Lipinski definition) is 1. The standard InChI is InChI=1S/C21H24FN3O2/c1-24(15-17-6-2-3-7-19(17)25-12-4-5-13-25)20(26)14-23-21(27)16-8-10-18(22)11-9-16/h2-3,6-11H,4-5,12-15H2,1H3,(H,23,27). The molecule has 142 valence electrons. The van der Waals surface area contributed by atoms with E-state index in [0.29, 0.717) is 12.1 Å². The molecule has 0 atom stereocenters. The van der Waals surface area contributed by atoms with Gasteiger partial charge in [0, 0.05) is 37.9 Å². The van der Waals surface area contributed by atoms with E-state index in [2.05, 4.69) is 16.3 Å². The van der Waals surface area contributed by atoms with Crippen LogP contribution < -0.4 is 10.2 Å². The van der Waals surface area contributed by atoms with E-state index >= 15 is 0 Å². The number of nitrogens with one attached hydrogen (secondary N) is 1. The van der Waals surface area contributed by atoms with Gasteiger partial charge in [-0.05, 0) is 48.7 Å². The Hall–Kier alpha value is -2.89. The summed E-state index contributed by atoms with van der Waals surface area (Å²) in [5.74, 6) is -0.977. The van der Waals surface area contributed by atoms with Crippen LogP contribution in [0, 0.1) is 5.82 Å². The summed E-state index contributed by atoms with van der Waals surface area (Å²) >= 11 is 0. The lowest BCUT2D eigenvalue weighted by atomic mass is 10.1. The molecule has 1 heterocycles. The molecule has 3 rings (SSSR count). The van der Waals surface area contributed by atoms with Crippen LogP contribution in [-0.4, -0.2) is 43.4 Å². The third-order valence-corrected chi connectivity index (χ3v) is 4.78. The molecule has 6 heteroatoms. The fourth-order valence-corrected chi connectivity index (χ4v) is 3.25. The number of benzene rings is 2. The van der Waals surface area contributed by atoms with E-state index in [1.165, 1.54) is 42.8 Å². The van der Waals surface area contributed by atoms with Crippen LogP contribution in [0.15, 0.2) is 48.5 Å². The van der Waals surface area contributed by atoms with Crippen LogP contribution in [0.5, 0.6) is 0 Å². The molecule has 1 aliphatic rings. The Morgan fingerprint density at radius 2 is 1.74 bits per heavy atom. The van der Waals surface area contributed by atoms with Crippen molar-refractivity contribution in [1.29, 1.82) is 0 Å². The average Bonchev–Trinajstić information content (AvgIpc) is 3.21. The van der Waals surface area contributed by atoms with Crippen molar-refractivity contribution in [2.45, 2.75) is 19.4 Å². The summed E-state index contributed by atoms with van der Waals surface area (Å²) in [6, 6.07) is 13.3. The first-order valence-electron chi connectivity index (χ1n) is 9.15. The van der Waals surface area contributed by atoms with Crippen molar-refractivity contribution in [2.24, 2.45) is 0 Å². The number of rotatable bonds is 6. The zero-order valence-corrected chi connectivity index (χ0v) is 15.5. The van der Waals surface area contributed by atoms with Crippen molar-refractivity contribution in [3.63, 3.8) is 0 Å². The molecule has 27 heavy (non-hydrogen) atoms. The van der Waals surface area contributed by atoms with Gasteiger partial charge in [0.15, 0.2) is 0 Å². The Labute approximate surface area is 158 Å². The lowest BCUT2D eigenvalue weighted by molar-refractivity contribution is -0.129. The number of halogens is 1. The van der Waals surface area contributed by atoms with Gasteiger partial charge in [0.05, 0.1) is 6.54 Å². The van der Waals surface area contributed by atoms with Crippen LogP contribution in [-0.2, 0) is 11.3 Å². The molecule has 0 bridgehead atoms. The Morgan fingerprint density at radius 1 is 1.07 bits per heavy atom. The highest BCUT2D eigenvalue weighted by molar-refractivity contribution is 5.96. The zero-order valence-electron chi connectivity index (χ0n) is 15.5. The third-order valence-electron chi connectivity index (χ3n) is 4.78. The minimum Gasteiger partial charge on any atom is -0.371 e. The maximum Gasteiger partial charge on any atom is 0.251 e. The first kappa shape index (κ1) is 18.9. The van der Waals surface area contributed by atoms with E-state index in [-0.39, 0.29) is 12.5 Å². The second kappa shape index (κ2) is 8.66. The lowest BCUT2D eigenvalue weighted by Gasteiger charge is -2.24. The zero-order chi connectivity index (χ0) is 19.2. The van der Waals surface area contributed by atoms with Crippen LogP contribution >= 0.6 is 0 Å². The van der Waals surface area contributed by atoms with Gasteiger partial charge in [-0.25, -0.2) is 4.39 Å². The van der Waals surface area contributed by atoms with Crippen molar-refractivity contribution in [3.8, 4) is 0 Å². The van der Waals surface area contributed by atoms with Gasteiger partial charge in [-0.15, -0.1) is 0 Å². The topological polar surface area (TPSA) is 52.6 Å². The fourth-order valence-electron chi connectivity index (χ4n) is 3.25. The SMILES string of the molecule is CN(Cc1ccccc1N1CCCC1)C(=O)CNC(=O)c1ccc(F)cc1. The first-order valence-corrected chi connectivity index (χ1v) is 9.15. The van der Waals surface area contributed by atoms with Gasteiger partial charge in [-0.3, -0.25) is 9.59 Å². The Bertz CT molecular complexity index is 801. The number of carbonyl (C=O) groups excluding carboxylic acids is 2. The van der Waals surface area contributed by atoms with Gasteiger partial charge >= 0.3 is 0 Å². The normalized spacial score (nSPS) is 13.5. The number of carbonyl (C=O) groups is 2. The molecule has 1 saturated heterocycles. The molecule has 0 aromatic heterocycles. The Kier molecular flexibility index (Phi) is 6.06. The molecule has 1 N–H and O–H groups in total. The van der Waals surface area contributed by atoms with Gasteiger partial charge in [0.1, 0.15) is 5.82 Å². The molecule has 2 aromatic rings. The highest BCUT2D eigenvalue weighted by Gasteiger charge is 2.18. The highest BCUT2D eigenvalue weighted by Crippen LogP contribution is 2.25. The predicted molar refractivity (Wildman–Crippen MR) is 103 cm³/mol. The summed E-state index contributed by atoms with van der Waals surface area (Å²) in [6.45, 7) is 2.47. The van der Waals surface area contributed by atoms with Crippen molar-refractivity contribution < 1.29 is 14.0 Å². The van der Waals surface area contributed by atoms with Crippen LogP contribution in [0.4, 0.5) is 10.1 Å². The highest BCUT2D eigenvalue weighted by atomic mass is 19.1. The van der Waals surface area contributed by atoms with Crippen molar-refractivity contribution >= 4 is 17.5 Å². The fraction of sp³-hybridized carbons (Fsp3) is 0.333. The maximum absolute atomic E-state index is 12.9. The number of hydrogen-bond acceptors (Lipinski definition) is 3. The van der Waals surface area contributed by atoms with Gasteiger partial charge in [-0.2, -0.15) is 0 Å². The van der Waals surface area contributed by atoms with Gasteiger partial charge < -0.3 is 15.1 Å². The summed E-state index contributed by atoms with van der Waals surface area (Å²) in [7, 11) is 1.73. The quantitative estimate of drug-likeness (QED) is 0.852. The third kappa shape index (κ3) is 4.84. The molecule has 1 fully saturated rings. The summed E-state index contributed by atoms with van der Waals surface area (Å²) in [6.07, 6.45) is 2.39. The first-order chi connectivity index (χ1) is 13.0. The molecule has 0 radical (unpaired) electrons. The Morgan fingerprint density at radius 3 is 2.44 bits per heavy atom. The number of para-hydroxylation sites is 1. The average molecular weight is 369 g/mol. The monoisotopic (exact) mass is 369 g/mol. The molecular weight excluding hydrogens is 345 g/mol. The van der Waals surface area contributed by atoms with E-state index in [1.54, 1.807) is 11.9 Å². The van der Waals surface area contributed by atoms with E-state index in [0.717, 1.165) is 18.7 Å². The minimum absolute atomic E-state index is 0.0986. The molecule has 0 unspecified atom stereocenters. The molecule has 2 amide bonds. The van der Waals surface area contributed by atoms with E-state index in [4.69, 9.17) is 0 Å². The number of likely N-dealkylation sites (N-methyl/N-ethyl adjacent to an activating group) is 1. The maximum atomic E-state index is 12.9. The number of amides is 2. The molecule has 5 nitrogen and oxygen atoms in total. The number of anilines is 1. The molecular formula is C21H24FN3O2. The molecule has 0 spiro atoms. The summed E-state index contributed by atoms with van der Waals surface area (Å²) < 4.78 is 12.9. The molecule has 2 aromatic carbocycles. The van der Waals surface area contributed by atoms with Crippen LogP contribution in [0.25, 0.3) is 0 Å². The molecule has 0 aliphatic carbocycles. The van der Waals surface area contributed by atoms with Crippen molar-refractivity contribution in [1.82, 2.24) is 10.2 Å². The van der Waals surface area contributed by atoms with Gasteiger partial charge in [-0.1, -0.05) is 18.2 Å². The summed E-state index contributed by atoms with van der Waals surface area (Å²) in [4.78, 5) is 28.4. The van der Waals surface area contributed by atoms with E-state index in [1.807, 2.05) is 18.2 Å². The smallest absolute Gasteiger partial charge is 0.251 e. The van der Waals surface area contributed by atoms with Crippen molar-refractivity contribution in [3.05, 3.63) is 65.5 Å². The lowest BCUT2D eigenvalue weighted by Crippen LogP contribution is -2.38. The Balaban J connectivity index is 1.56. The van der Waals surface area contributed by atoms with Gasteiger partial charge in [0.2, 0.25) is 5.91 Å². The predicted octanol–water partition coefficient (Wildman–Crippen LogP) is 2.81. The second-order valence-electron chi connectivity index (χ2n) is 6.76. The number of nitrogens with zero attached hydrogens (tertiary/aromatic N) is 2. The van der Waals surface area contributed by atoms with Crippen molar-refractivity contribution in [2.75, 3.05) is 31.6 Å². The summed E-state index contributed by atoms with van der Waals surface area (Å²) in [5, 5.41) is 2.59. The minimum atomic E-state index is -0.404. The van der Waals surface area contributed by atoms with Crippen LogP contribution in [0.2, 0.25) is 0 Å². The van der Waals surface area contributed by atoms with Crippen LogP contribution in [0.1, 0.15) is 28.8 Å². The molecule has 1 aliphatic heterocycles. The van der Waals surface area contributed by atoms with Gasteiger partial charge in [0.25, 0.3) is 5.91 Å². The largest absolute Gasteiger partial charge is 0.371 e. The summed E-state index contributed by atoms with van der Waals surface area (Å²) in [5.41, 5.74) is 2.59. The van der Waals surface area contributed by atoms with Crippen LogP contribution in [0.3, 0.4) is 0 Å². The molecule has 0 saturated carbocycles. The van der Waals surface area contributed by atoms with E-state index in [9.17, 15) is 14.0 Å². The van der Waals surface area contributed by atoms with E-state index < -0.39 is 11.7 Å².